The molecule has 1 saturated carbocycles. The van der Waals surface area contributed by atoms with Gasteiger partial charge in [-0.25, -0.2) is 28.4 Å². The number of nitrogens with zero attached hydrogens (tertiary/aromatic N) is 4. The Hall–Kier alpha value is -1.87. The Labute approximate surface area is 128 Å². The lowest BCUT2D eigenvalue weighted by molar-refractivity contribution is 0.0578. The van der Waals surface area contributed by atoms with Gasteiger partial charge in [-0.2, -0.15) is 0 Å². The zero-order chi connectivity index (χ0) is 16.0. The molecule has 0 aromatic carbocycles. The van der Waals surface area contributed by atoms with Crippen LogP contribution in [0.2, 0.25) is 0 Å². The number of hydrogen-bond acceptors (Lipinski definition) is 8. The molecule has 118 valence electrons. The van der Waals surface area contributed by atoms with Crippen LogP contribution in [-0.2, 0) is 9.84 Å². The monoisotopic (exact) mass is 323 g/mol. The van der Waals surface area contributed by atoms with E-state index in [1.807, 2.05) is 0 Å². The van der Waals surface area contributed by atoms with Crippen LogP contribution < -0.4 is 5.32 Å². The van der Waals surface area contributed by atoms with Gasteiger partial charge in [0.15, 0.2) is 5.82 Å². The molecule has 2 aromatic heterocycles. The third-order valence-electron chi connectivity index (χ3n) is 3.92. The van der Waals surface area contributed by atoms with E-state index < -0.39 is 15.4 Å². The number of nitrogens with one attached hydrogen (secondary N) is 1. The molecular formula is C13H17N5O3S. The first kappa shape index (κ1) is 15.0. The Kier molecular flexibility index (Phi) is 3.48. The minimum atomic E-state index is -3.52. The van der Waals surface area contributed by atoms with E-state index in [9.17, 15) is 13.5 Å². The molecule has 2 atom stereocenters. The van der Waals surface area contributed by atoms with Crippen molar-refractivity contribution < 1.29 is 13.5 Å². The maximum absolute atomic E-state index is 11.6. The second kappa shape index (κ2) is 5.10. The van der Waals surface area contributed by atoms with Crippen LogP contribution in [0.5, 0.6) is 0 Å². The number of hydrogen-bond donors (Lipinski definition) is 2. The molecule has 2 N–H and O–H groups in total. The fourth-order valence-electron chi connectivity index (χ4n) is 2.66. The highest BCUT2D eigenvalue weighted by molar-refractivity contribution is 7.90. The van der Waals surface area contributed by atoms with Gasteiger partial charge in [0.2, 0.25) is 15.0 Å². The number of aliphatic hydroxyl groups is 1. The van der Waals surface area contributed by atoms with Crippen LogP contribution in [-0.4, -0.2) is 51.4 Å². The number of fused-ring (bicyclic) bond motifs is 1. The van der Waals surface area contributed by atoms with Crippen LogP contribution in [0.15, 0.2) is 17.7 Å². The molecule has 0 radical (unpaired) electrons. The van der Waals surface area contributed by atoms with Crippen molar-refractivity contribution in [2.45, 2.75) is 43.0 Å². The first-order valence-corrected chi connectivity index (χ1v) is 8.83. The summed E-state index contributed by atoms with van der Waals surface area (Å²) < 4.78 is 23.2. The summed E-state index contributed by atoms with van der Waals surface area (Å²) in [6, 6.07) is -0.165. The van der Waals surface area contributed by atoms with E-state index >= 15 is 0 Å². The highest BCUT2D eigenvalue weighted by atomic mass is 32.2. The van der Waals surface area contributed by atoms with Crippen molar-refractivity contribution in [2.75, 3.05) is 11.6 Å². The number of aromatic nitrogens is 4. The highest BCUT2D eigenvalue weighted by Crippen LogP contribution is 2.32. The van der Waals surface area contributed by atoms with E-state index in [4.69, 9.17) is 0 Å². The third-order valence-corrected chi connectivity index (χ3v) is 4.78. The molecule has 1 aliphatic carbocycles. The Morgan fingerprint density at radius 3 is 2.77 bits per heavy atom. The van der Waals surface area contributed by atoms with Gasteiger partial charge in [0, 0.05) is 6.26 Å². The topological polar surface area (TPSA) is 118 Å². The summed E-state index contributed by atoms with van der Waals surface area (Å²) in [7, 11) is -3.52. The van der Waals surface area contributed by atoms with E-state index in [-0.39, 0.29) is 11.2 Å². The molecule has 0 bridgehead atoms. The van der Waals surface area contributed by atoms with Crippen LogP contribution in [0.4, 0.5) is 5.82 Å². The van der Waals surface area contributed by atoms with Gasteiger partial charge in [0.05, 0.1) is 17.8 Å². The molecule has 1 aliphatic rings. The summed E-state index contributed by atoms with van der Waals surface area (Å²) in [5.74, 6) is 0.407. The van der Waals surface area contributed by atoms with Gasteiger partial charge in [0.1, 0.15) is 17.4 Å². The van der Waals surface area contributed by atoms with Gasteiger partial charge in [-0.1, -0.05) is 0 Å². The molecular weight excluding hydrogens is 306 g/mol. The fraction of sp³-hybridized carbons (Fsp3) is 0.538. The van der Waals surface area contributed by atoms with Gasteiger partial charge < -0.3 is 10.4 Å². The summed E-state index contributed by atoms with van der Waals surface area (Å²) >= 11 is 0. The summed E-state index contributed by atoms with van der Waals surface area (Å²) in [5.41, 5.74) is -0.0487. The lowest BCUT2D eigenvalue weighted by Crippen LogP contribution is -2.39. The zero-order valence-electron chi connectivity index (χ0n) is 12.3. The SMILES string of the molecule is C[C@@]1(O)CCC[C@H]1Nc1ncnc2cnc(S(C)(=O)=O)nc12. The Morgan fingerprint density at radius 2 is 2.14 bits per heavy atom. The first-order chi connectivity index (χ1) is 10.3. The molecule has 0 unspecified atom stereocenters. The van der Waals surface area contributed by atoms with Crippen molar-refractivity contribution in [3.8, 4) is 0 Å². The average molecular weight is 323 g/mol. The maximum atomic E-state index is 11.6. The van der Waals surface area contributed by atoms with Crippen molar-refractivity contribution in [1.82, 2.24) is 19.9 Å². The van der Waals surface area contributed by atoms with Gasteiger partial charge in [0.25, 0.3) is 0 Å². The van der Waals surface area contributed by atoms with E-state index in [1.165, 1.54) is 12.5 Å². The van der Waals surface area contributed by atoms with Gasteiger partial charge in [-0.15, -0.1) is 0 Å². The van der Waals surface area contributed by atoms with Crippen molar-refractivity contribution in [3.05, 3.63) is 12.5 Å². The van der Waals surface area contributed by atoms with E-state index in [1.54, 1.807) is 6.92 Å². The van der Waals surface area contributed by atoms with Gasteiger partial charge in [-0.3, -0.25) is 0 Å². The number of sulfone groups is 1. The fourth-order valence-corrected chi connectivity index (χ4v) is 3.17. The van der Waals surface area contributed by atoms with Crippen LogP contribution in [0.25, 0.3) is 11.0 Å². The van der Waals surface area contributed by atoms with E-state index in [2.05, 4.69) is 25.3 Å². The smallest absolute Gasteiger partial charge is 0.247 e. The van der Waals surface area contributed by atoms with Crippen LogP contribution in [0.1, 0.15) is 26.2 Å². The van der Waals surface area contributed by atoms with Crippen LogP contribution in [0, 0.1) is 0 Å². The second-order valence-corrected chi connectivity index (χ2v) is 7.74. The van der Waals surface area contributed by atoms with Crippen LogP contribution in [0.3, 0.4) is 0 Å². The summed E-state index contributed by atoms with van der Waals surface area (Å²) in [4.78, 5) is 16.1. The molecule has 2 heterocycles. The molecule has 0 spiro atoms. The predicted octanol–water partition coefficient (Wildman–Crippen LogP) is 0.539. The van der Waals surface area contributed by atoms with Crippen molar-refractivity contribution in [2.24, 2.45) is 0 Å². The van der Waals surface area contributed by atoms with Gasteiger partial charge >= 0.3 is 0 Å². The number of rotatable bonds is 3. The quantitative estimate of drug-likeness (QED) is 0.786. The lowest BCUT2D eigenvalue weighted by Gasteiger charge is -2.27. The minimum Gasteiger partial charge on any atom is -0.388 e. The third kappa shape index (κ3) is 2.73. The first-order valence-electron chi connectivity index (χ1n) is 6.94. The minimum absolute atomic E-state index is 0.165. The number of anilines is 1. The molecule has 8 nitrogen and oxygen atoms in total. The second-order valence-electron chi connectivity index (χ2n) is 5.83. The van der Waals surface area contributed by atoms with E-state index in [0.717, 1.165) is 19.1 Å². The van der Waals surface area contributed by atoms with Crippen LogP contribution >= 0.6 is 0 Å². The van der Waals surface area contributed by atoms with Crippen molar-refractivity contribution >= 4 is 26.7 Å². The average Bonchev–Trinajstić information content (AvgIpc) is 2.77. The van der Waals surface area contributed by atoms with Crippen molar-refractivity contribution in [3.63, 3.8) is 0 Å². The molecule has 0 amide bonds. The van der Waals surface area contributed by atoms with E-state index in [0.29, 0.717) is 23.3 Å². The van der Waals surface area contributed by atoms with Crippen molar-refractivity contribution in [1.29, 1.82) is 0 Å². The molecule has 3 rings (SSSR count). The Morgan fingerprint density at radius 1 is 1.36 bits per heavy atom. The summed E-state index contributed by atoms with van der Waals surface area (Å²) in [6.07, 6.45) is 6.19. The zero-order valence-corrected chi connectivity index (χ0v) is 13.1. The largest absolute Gasteiger partial charge is 0.388 e. The maximum Gasteiger partial charge on any atom is 0.247 e. The lowest BCUT2D eigenvalue weighted by atomic mass is 10.0. The standard InChI is InChI=1S/C13H17N5O3S/c1-13(19)5-3-4-9(13)17-11-10-8(15-7-16-11)6-14-12(18-10)22(2,20)21/h6-7,9,19H,3-5H2,1-2H3,(H,15,16,17)/t9-,13-/m1/s1. The molecule has 0 aliphatic heterocycles. The summed E-state index contributed by atoms with van der Waals surface area (Å²) in [6.45, 7) is 1.78. The molecule has 22 heavy (non-hydrogen) atoms. The predicted molar refractivity (Wildman–Crippen MR) is 80.1 cm³/mol. The molecule has 2 aromatic rings. The highest BCUT2D eigenvalue weighted by Gasteiger charge is 2.37. The molecule has 9 heteroatoms. The van der Waals surface area contributed by atoms with Gasteiger partial charge in [-0.05, 0) is 26.2 Å². The molecule has 0 saturated heterocycles. The normalized spacial score (nSPS) is 25.5. The Balaban J connectivity index is 2.06. The Bertz CT molecular complexity index is 822. The molecule has 1 fully saturated rings. The summed E-state index contributed by atoms with van der Waals surface area (Å²) in [5, 5.41) is 13.2.